The van der Waals surface area contributed by atoms with Crippen LogP contribution in [0.2, 0.25) is 0 Å². The molecule has 0 unspecified atom stereocenters. The first-order valence-electron chi connectivity index (χ1n) is 17.9. The Kier molecular flexibility index (Phi) is 9.80. The van der Waals surface area contributed by atoms with Gasteiger partial charge in [0.05, 0.1) is 10.8 Å². The predicted molar refractivity (Wildman–Crippen MR) is 198 cm³/mol. The third-order valence-electron chi connectivity index (χ3n) is 12.6. The van der Waals surface area contributed by atoms with E-state index in [1.165, 1.54) is 58.1 Å². The van der Waals surface area contributed by atoms with Crippen LogP contribution in [-0.4, -0.2) is 87.3 Å². The lowest BCUT2D eigenvalue weighted by Crippen LogP contribution is -2.72. The number of carbonyl (C=O) groups is 5. The molecule has 1 heterocycles. The highest BCUT2D eigenvalue weighted by molar-refractivity contribution is 6.29. The van der Waals surface area contributed by atoms with Gasteiger partial charge in [0.1, 0.15) is 39.8 Å². The second kappa shape index (κ2) is 13.1. The first-order chi connectivity index (χ1) is 25.3. The Morgan fingerprint density at radius 2 is 1.24 bits per heavy atom. The number of fused-ring (bicyclic) bond motifs is 6. The third kappa shape index (κ3) is 5.09. The van der Waals surface area contributed by atoms with Crippen LogP contribution < -0.4 is 0 Å². The molecule has 13 heteroatoms. The summed E-state index contributed by atoms with van der Waals surface area (Å²) < 4.78 is 5.94. The van der Waals surface area contributed by atoms with Crippen molar-refractivity contribution >= 4 is 28.9 Å². The van der Waals surface area contributed by atoms with Crippen molar-refractivity contribution < 1.29 is 64.5 Å². The molecule has 0 spiro atoms. The summed E-state index contributed by atoms with van der Waals surface area (Å²) >= 11 is 0. The highest BCUT2D eigenvalue weighted by Gasteiger charge is 2.83. The Morgan fingerprint density at radius 3 is 1.78 bits per heavy atom. The number of aliphatic hydroxyl groups is 7. The van der Waals surface area contributed by atoms with Crippen molar-refractivity contribution in [1.82, 2.24) is 0 Å². The van der Waals surface area contributed by atoms with Gasteiger partial charge in [-0.3, -0.25) is 24.0 Å². The van der Waals surface area contributed by atoms with Gasteiger partial charge >= 0.3 is 0 Å². The van der Waals surface area contributed by atoms with E-state index in [-0.39, 0.29) is 11.1 Å². The van der Waals surface area contributed by atoms with E-state index >= 15 is 0 Å². The minimum Gasteiger partial charge on any atom is -0.508 e. The molecule has 5 fully saturated rings. The standard InChI is InChI=1S/C42H48O13/c1-10-12-14-16-23(43)26-29-20(3)22(37(5,33(26)48)36(51)39(29,7)52)18-19-25(45)27-30(46)21(4)32(47)40(8)31(27)38(6)34(49)28(24(44)17-15-13-11-2)35(50)41(9,53)42(38,54)55-40/h10-20,22,29,31,43-46,52-54H,1-9H3/b12-10+,13-11+,16-14+,17-15+,19-18+,26-23+,27-25+,28-24-/t20-,22-,29+,31-,37-,38-,39+,40+,41+,42-/m1/s1. The average molecular weight is 761 g/mol. The molecule has 1 aliphatic heterocycles. The van der Waals surface area contributed by atoms with Crippen molar-refractivity contribution in [3.8, 4) is 0 Å². The van der Waals surface area contributed by atoms with E-state index in [2.05, 4.69) is 0 Å². The smallest absolute Gasteiger partial charge is 0.217 e. The number of ketones is 5. The van der Waals surface area contributed by atoms with Crippen LogP contribution in [0.15, 0.2) is 106 Å². The average Bonchev–Trinajstić information content (AvgIpc) is 3.31. The van der Waals surface area contributed by atoms with Gasteiger partial charge in [-0.1, -0.05) is 49.5 Å². The highest BCUT2D eigenvalue weighted by atomic mass is 16.7. The molecule has 0 aromatic rings. The summed E-state index contributed by atoms with van der Waals surface area (Å²) in [7, 11) is 0. The number of rotatable bonds is 6. The van der Waals surface area contributed by atoms with Gasteiger partial charge in [0.25, 0.3) is 0 Å². The Hall–Kier alpha value is -4.95. The van der Waals surface area contributed by atoms with Gasteiger partial charge in [0.2, 0.25) is 11.6 Å². The van der Waals surface area contributed by atoms with Crippen LogP contribution >= 0.6 is 0 Å². The van der Waals surface area contributed by atoms with Crippen molar-refractivity contribution in [3.63, 3.8) is 0 Å². The minimum absolute atomic E-state index is 0.134. The molecule has 0 radical (unpaired) electrons. The van der Waals surface area contributed by atoms with E-state index in [0.29, 0.717) is 0 Å². The molecular formula is C42H48O13. The van der Waals surface area contributed by atoms with Crippen LogP contribution in [0.25, 0.3) is 0 Å². The summed E-state index contributed by atoms with van der Waals surface area (Å²) in [6, 6.07) is 0. The predicted octanol–water partition coefficient (Wildman–Crippen LogP) is 4.45. The largest absolute Gasteiger partial charge is 0.508 e. The van der Waals surface area contributed by atoms with Gasteiger partial charge in [-0.25, -0.2) is 0 Å². The molecule has 55 heavy (non-hydrogen) atoms. The summed E-state index contributed by atoms with van der Waals surface area (Å²) in [6.45, 7) is 12.0. The zero-order chi connectivity index (χ0) is 41.6. The Labute approximate surface area is 318 Å². The van der Waals surface area contributed by atoms with Crippen LogP contribution in [0.3, 0.4) is 0 Å². The topological polar surface area (TPSA) is 236 Å². The summed E-state index contributed by atoms with van der Waals surface area (Å²) in [5, 5.41) is 80.8. The Balaban J connectivity index is 1.74. The van der Waals surface area contributed by atoms with Gasteiger partial charge in [-0.05, 0) is 79.5 Å². The molecule has 4 saturated carbocycles. The number of Topliss-reactive ketones (excluding diaryl/α,β-unsaturated/α-hetero) is 5. The van der Waals surface area contributed by atoms with E-state index in [0.717, 1.165) is 26.0 Å². The summed E-state index contributed by atoms with van der Waals surface area (Å²) in [6.07, 6.45) is 13.9. The number of ether oxygens (including phenoxy) is 1. The van der Waals surface area contributed by atoms with Crippen molar-refractivity contribution in [2.45, 2.75) is 84.9 Å². The zero-order valence-corrected chi connectivity index (χ0v) is 32.2. The third-order valence-corrected chi connectivity index (χ3v) is 12.6. The van der Waals surface area contributed by atoms with Gasteiger partial charge in [-0.2, -0.15) is 0 Å². The fraction of sp³-hybridized carbons (Fsp3) is 0.452. The lowest BCUT2D eigenvalue weighted by atomic mass is 9.44. The van der Waals surface area contributed by atoms with Gasteiger partial charge in [0.15, 0.2) is 28.7 Å². The van der Waals surface area contributed by atoms with Gasteiger partial charge < -0.3 is 40.5 Å². The molecule has 2 bridgehead atoms. The number of aliphatic hydroxyl groups excluding tert-OH is 4. The van der Waals surface area contributed by atoms with Crippen LogP contribution in [0.4, 0.5) is 0 Å². The maximum Gasteiger partial charge on any atom is 0.217 e. The summed E-state index contributed by atoms with van der Waals surface area (Å²) in [5.41, 5.74) is -13.8. The van der Waals surface area contributed by atoms with Crippen molar-refractivity contribution in [3.05, 3.63) is 106 Å². The van der Waals surface area contributed by atoms with E-state index in [4.69, 9.17) is 4.74 Å². The first kappa shape index (κ1) is 41.2. The molecule has 294 valence electrons. The molecule has 6 aliphatic rings. The molecule has 5 aliphatic carbocycles. The van der Waals surface area contributed by atoms with Crippen LogP contribution in [0, 0.1) is 34.5 Å². The summed E-state index contributed by atoms with van der Waals surface area (Å²) in [4.78, 5) is 70.1. The molecule has 0 aromatic heterocycles. The van der Waals surface area contributed by atoms with Gasteiger partial charge in [-0.15, -0.1) is 0 Å². The molecule has 0 amide bonds. The second-order valence-corrected chi connectivity index (χ2v) is 15.9. The second-order valence-electron chi connectivity index (χ2n) is 15.9. The number of hydrogen-bond donors (Lipinski definition) is 7. The normalized spacial score (nSPS) is 43.6. The zero-order valence-electron chi connectivity index (χ0n) is 32.2. The van der Waals surface area contributed by atoms with E-state index < -0.39 is 120 Å². The molecule has 10 atom stereocenters. The lowest BCUT2D eigenvalue weighted by molar-refractivity contribution is -0.313. The van der Waals surface area contributed by atoms with E-state index in [9.17, 15) is 59.7 Å². The van der Waals surface area contributed by atoms with Crippen molar-refractivity contribution in [2.75, 3.05) is 0 Å². The number of hydrogen-bond acceptors (Lipinski definition) is 13. The molecular weight excluding hydrogens is 712 g/mol. The fourth-order valence-electron chi connectivity index (χ4n) is 9.83. The maximum absolute atomic E-state index is 14.5. The van der Waals surface area contributed by atoms with Crippen LogP contribution in [0.5, 0.6) is 0 Å². The Morgan fingerprint density at radius 1 is 0.709 bits per heavy atom. The fourth-order valence-corrected chi connectivity index (χ4v) is 9.83. The van der Waals surface area contributed by atoms with Crippen LogP contribution in [-0.2, 0) is 28.7 Å². The maximum atomic E-state index is 14.5. The SMILES string of the molecule is C/C=C/C=C/C(O)=C1/C(=O)[C@](C)(O)[C@]2(O)O[C@]3(C)C(=O)C(C)=C(O)/C(=C(O)/C=C/[C@@H]4[C@@H](C)[C@H]5/C(=C(O)/C=C/C=C/C)C(=O)[C@]4(C)C(=O)[C@@]5(C)O)[C@@H]3[C@]2(C)C1=O. The molecule has 6 rings (SSSR count). The van der Waals surface area contributed by atoms with E-state index in [1.807, 2.05) is 0 Å². The monoisotopic (exact) mass is 760 g/mol. The lowest BCUT2D eigenvalue weighted by Gasteiger charge is -2.57. The van der Waals surface area contributed by atoms with Crippen molar-refractivity contribution in [1.29, 1.82) is 0 Å². The van der Waals surface area contributed by atoms with Gasteiger partial charge in [0, 0.05) is 34.5 Å². The summed E-state index contributed by atoms with van der Waals surface area (Å²) in [5.74, 6) is -16.0. The van der Waals surface area contributed by atoms with Crippen molar-refractivity contribution in [2.24, 2.45) is 34.5 Å². The van der Waals surface area contributed by atoms with E-state index in [1.54, 1.807) is 39.0 Å². The minimum atomic E-state index is -3.17. The quantitative estimate of drug-likeness (QED) is 0.0652. The number of carbonyl (C=O) groups excluding carboxylic acids is 5. The van der Waals surface area contributed by atoms with Crippen LogP contribution in [0.1, 0.15) is 62.3 Å². The molecule has 13 nitrogen and oxygen atoms in total. The first-order valence-corrected chi connectivity index (χ1v) is 17.9. The number of allylic oxidation sites excluding steroid dienone is 11. The Bertz CT molecular complexity index is 2100. The molecule has 1 saturated heterocycles. The molecule has 0 aromatic carbocycles. The highest BCUT2D eigenvalue weighted by Crippen LogP contribution is 2.67. The molecule has 7 N–H and O–H groups in total.